The molecule has 33 heavy (non-hydrogen) atoms. The highest BCUT2D eigenvalue weighted by atomic mass is 35.5. The molecule has 0 saturated heterocycles. The molecule has 0 fully saturated rings. The van der Waals surface area contributed by atoms with Gasteiger partial charge in [-0.05, 0) is 42.8 Å². The lowest BCUT2D eigenvalue weighted by atomic mass is 10.1. The highest BCUT2D eigenvalue weighted by molar-refractivity contribution is 6.30. The first-order valence-electron chi connectivity index (χ1n) is 9.96. The van der Waals surface area contributed by atoms with Gasteiger partial charge >= 0.3 is 5.97 Å². The van der Waals surface area contributed by atoms with Crippen LogP contribution in [0.25, 0.3) is 0 Å². The van der Waals surface area contributed by atoms with Crippen molar-refractivity contribution in [3.63, 3.8) is 0 Å². The van der Waals surface area contributed by atoms with Crippen molar-refractivity contribution in [2.75, 3.05) is 6.61 Å². The minimum Gasteiger partial charge on any atom is -0.464 e. The lowest BCUT2D eigenvalue weighted by Crippen LogP contribution is -2.43. The first-order valence-corrected chi connectivity index (χ1v) is 10.3. The van der Waals surface area contributed by atoms with Crippen molar-refractivity contribution >= 4 is 29.2 Å². The topological polar surface area (TPSA) is 121 Å². The molecule has 1 amide bonds. The average Bonchev–Trinajstić information content (AvgIpc) is 2.80. The molecule has 0 radical (unpaired) electrons. The van der Waals surface area contributed by atoms with E-state index in [9.17, 15) is 19.7 Å². The molecule has 0 aliphatic heterocycles. The van der Waals surface area contributed by atoms with E-state index in [4.69, 9.17) is 21.1 Å². The number of halogens is 1. The van der Waals surface area contributed by atoms with Crippen LogP contribution in [0.5, 0.6) is 11.6 Å². The van der Waals surface area contributed by atoms with Crippen LogP contribution in [0.2, 0.25) is 5.02 Å². The zero-order valence-electron chi connectivity index (χ0n) is 17.6. The number of nitrogens with zero attached hydrogens (tertiary/aromatic N) is 2. The Balaban J connectivity index is 1.82. The minimum absolute atomic E-state index is 0.0504. The van der Waals surface area contributed by atoms with Crippen LogP contribution in [-0.4, -0.2) is 34.4 Å². The van der Waals surface area contributed by atoms with Crippen molar-refractivity contribution < 1.29 is 24.0 Å². The Morgan fingerprint density at radius 1 is 1.15 bits per heavy atom. The van der Waals surface area contributed by atoms with Crippen LogP contribution in [0.4, 0.5) is 5.69 Å². The molecule has 3 rings (SSSR count). The molecule has 0 spiro atoms. The summed E-state index contributed by atoms with van der Waals surface area (Å²) in [6.45, 7) is 1.82. The van der Waals surface area contributed by atoms with Gasteiger partial charge in [0.05, 0.1) is 17.6 Å². The van der Waals surface area contributed by atoms with E-state index in [2.05, 4.69) is 10.3 Å². The van der Waals surface area contributed by atoms with Gasteiger partial charge in [0.2, 0.25) is 5.88 Å². The van der Waals surface area contributed by atoms with Crippen molar-refractivity contribution in [2.45, 2.75) is 19.4 Å². The Morgan fingerprint density at radius 2 is 1.91 bits per heavy atom. The number of nitro groups is 1. The van der Waals surface area contributed by atoms with Gasteiger partial charge in [0.15, 0.2) is 0 Å². The van der Waals surface area contributed by atoms with Crippen LogP contribution in [0.15, 0.2) is 66.9 Å². The van der Waals surface area contributed by atoms with Gasteiger partial charge in [-0.15, -0.1) is 0 Å². The molecular weight excluding hydrogens is 450 g/mol. The minimum atomic E-state index is -0.968. The predicted molar refractivity (Wildman–Crippen MR) is 120 cm³/mol. The summed E-state index contributed by atoms with van der Waals surface area (Å²) in [6.07, 6.45) is 1.60. The molecular formula is C23H20ClN3O6. The van der Waals surface area contributed by atoms with Gasteiger partial charge in [0, 0.05) is 23.7 Å². The summed E-state index contributed by atoms with van der Waals surface area (Å²) in [6, 6.07) is 14.4. The summed E-state index contributed by atoms with van der Waals surface area (Å²) < 4.78 is 10.7. The molecule has 1 N–H and O–H groups in total. The van der Waals surface area contributed by atoms with Crippen LogP contribution in [0.3, 0.4) is 0 Å². The van der Waals surface area contributed by atoms with E-state index in [1.165, 1.54) is 42.6 Å². The van der Waals surface area contributed by atoms with E-state index in [1.54, 1.807) is 31.2 Å². The molecule has 0 aliphatic carbocycles. The maximum absolute atomic E-state index is 13.0. The predicted octanol–water partition coefficient (Wildman–Crippen LogP) is 4.34. The number of nitrogens with one attached hydrogen (secondary N) is 1. The second-order valence-corrected chi connectivity index (χ2v) is 7.26. The van der Waals surface area contributed by atoms with Crippen molar-refractivity contribution in [3.05, 3.63) is 93.1 Å². The summed E-state index contributed by atoms with van der Waals surface area (Å²) >= 11 is 5.92. The van der Waals surface area contributed by atoms with E-state index in [0.717, 1.165) is 5.56 Å². The number of amides is 1. The Labute approximate surface area is 194 Å². The Kier molecular flexibility index (Phi) is 7.93. The summed E-state index contributed by atoms with van der Waals surface area (Å²) in [5, 5.41) is 14.2. The van der Waals surface area contributed by atoms with Gasteiger partial charge in [-0.1, -0.05) is 29.8 Å². The molecule has 1 aromatic heterocycles. The van der Waals surface area contributed by atoms with Gasteiger partial charge in [-0.3, -0.25) is 14.9 Å². The van der Waals surface area contributed by atoms with E-state index in [1.807, 2.05) is 0 Å². The third kappa shape index (κ3) is 6.50. The second-order valence-electron chi connectivity index (χ2n) is 6.82. The lowest BCUT2D eigenvalue weighted by molar-refractivity contribution is -0.384. The smallest absolute Gasteiger partial charge is 0.328 e. The highest BCUT2D eigenvalue weighted by Gasteiger charge is 2.25. The number of hydrogen-bond donors (Lipinski definition) is 1. The molecule has 0 aliphatic rings. The maximum atomic E-state index is 13.0. The monoisotopic (exact) mass is 469 g/mol. The number of nitro benzene ring substituents is 1. The SMILES string of the molecule is CCOC(=O)C(Cc1ccc(Cl)cc1)NC(=O)c1cccnc1Oc1cccc([N+](=O)[O-])c1. The van der Waals surface area contributed by atoms with Gasteiger partial charge in [0.1, 0.15) is 17.4 Å². The summed E-state index contributed by atoms with van der Waals surface area (Å²) in [5.74, 6) is -1.13. The Morgan fingerprint density at radius 3 is 2.61 bits per heavy atom. The zero-order chi connectivity index (χ0) is 23.8. The number of benzene rings is 2. The van der Waals surface area contributed by atoms with Crippen LogP contribution < -0.4 is 10.1 Å². The van der Waals surface area contributed by atoms with E-state index < -0.39 is 22.8 Å². The normalized spacial score (nSPS) is 11.3. The molecule has 10 heteroatoms. The van der Waals surface area contributed by atoms with E-state index >= 15 is 0 Å². The Bertz CT molecular complexity index is 1150. The van der Waals surface area contributed by atoms with E-state index in [0.29, 0.717) is 5.02 Å². The quantitative estimate of drug-likeness (QED) is 0.281. The van der Waals surface area contributed by atoms with Crippen molar-refractivity contribution in [1.29, 1.82) is 0 Å². The van der Waals surface area contributed by atoms with Crippen LogP contribution in [0.1, 0.15) is 22.8 Å². The number of non-ortho nitro benzene ring substituents is 1. The number of ether oxygens (including phenoxy) is 2. The fraction of sp³-hybridized carbons (Fsp3) is 0.174. The van der Waals surface area contributed by atoms with Gasteiger partial charge < -0.3 is 14.8 Å². The Hall–Kier alpha value is -3.98. The van der Waals surface area contributed by atoms with Crippen molar-refractivity contribution in [1.82, 2.24) is 10.3 Å². The average molecular weight is 470 g/mol. The van der Waals surface area contributed by atoms with Gasteiger partial charge in [0.25, 0.3) is 11.6 Å². The number of aromatic nitrogens is 1. The maximum Gasteiger partial charge on any atom is 0.328 e. The number of rotatable bonds is 9. The fourth-order valence-corrected chi connectivity index (χ4v) is 3.07. The van der Waals surface area contributed by atoms with Gasteiger partial charge in [-0.25, -0.2) is 9.78 Å². The molecule has 2 aromatic carbocycles. The number of esters is 1. The summed E-state index contributed by atoms with van der Waals surface area (Å²) in [4.78, 5) is 40.0. The van der Waals surface area contributed by atoms with Crippen molar-refractivity contribution in [3.8, 4) is 11.6 Å². The number of carbonyl (C=O) groups is 2. The van der Waals surface area contributed by atoms with Crippen LogP contribution >= 0.6 is 11.6 Å². The molecule has 0 saturated carbocycles. The fourth-order valence-electron chi connectivity index (χ4n) is 2.95. The molecule has 1 heterocycles. The van der Waals surface area contributed by atoms with E-state index in [-0.39, 0.29) is 35.9 Å². The van der Waals surface area contributed by atoms with Gasteiger partial charge in [-0.2, -0.15) is 0 Å². The molecule has 170 valence electrons. The molecule has 3 aromatic rings. The second kappa shape index (κ2) is 11.1. The first-order chi connectivity index (χ1) is 15.9. The van der Waals surface area contributed by atoms with Crippen molar-refractivity contribution in [2.24, 2.45) is 0 Å². The first kappa shape index (κ1) is 23.7. The summed E-state index contributed by atoms with van der Waals surface area (Å²) in [5.41, 5.74) is 0.659. The standard InChI is InChI=1S/C23H20ClN3O6/c1-2-32-23(29)20(13-15-8-10-16(24)11-9-15)26-21(28)19-7-4-12-25-22(19)33-18-6-3-5-17(14-18)27(30)31/h3-12,14,20H,2,13H2,1H3,(H,26,28). The number of hydrogen-bond acceptors (Lipinski definition) is 7. The lowest BCUT2D eigenvalue weighted by Gasteiger charge is -2.18. The largest absolute Gasteiger partial charge is 0.464 e. The molecule has 9 nitrogen and oxygen atoms in total. The molecule has 0 bridgehead atoms. The third-order valence-electron chi connectivity index (χ3n) is 4.49. The zero-order valence-corrected chi connectivity index (χ0v) is 18.3. The molecule has 1 unspecified atom stereocenters. The van der Waals surface area contributed by atoms with Crippen LogP contribution in [-0.2, 0) is 16.0 Å². The summed E-state index contributed by atoms with van der Waals surface area (Å²) in [7, 11) is 0. The highest BCUT2D eigenvalue weighted by Crippen LogP contribution is 2.26. The number of pyridine rings is 1. The molecule has 1 atom stereocenters. The van der Waals surface area contributed by atoms with Crippen LogP contribution in [0, 0.1) is 10.1 Å². The number of carbonyl (C=O) groups excluding carboxylic acids is 2. The third-order valence-corrected chi connectivity index (χ3v) is 4.74.